The summed E-state index contributed by atoms with van der Waals surface area (Å²) in [5.41, 5.74) is 1.30. The number of hydrogen-bond acceptors (Lipinski definition) is 3. The fourth-order valence-corrected chi connectivity index (χ4v) is 3.96. The van der Waals surface area contributed by atoms with Crippen molar-refractivity contribution in [1.82, 2.24) is 10.2 Å². The van der Waals surface area contributed by atoms with Crippen LogP contribution in [0.25, 0.3) is 0 Å². The number of benzene rings is 1. The van der Waals surface area contributed by atoms with E-state index < -0.39 is 0 Å². The number of hydrogen-bond donors (Lipinski definition) is 2. The van der Waals surface area contributed by atoms with Gasteiger partial charge in [0.1, 0.15) is 0 Å². The Hall–Kier alpha value is -0.900. The average molecular weight is 274 g/mol. The summed E-state index contributed by atoms with van der Waals surface area (Å²) in [7, 11) is 2.27. The summed E-state index contributed by atoms with van der Waals surface area (Å²) in [6.07, 6.45) is 6.08. The smallest absolute Gasteiger partial charge is 0.0587 e. The Bertz CT molecular complexity index is 408. The van der Waals surface area contributed by atoms with E-state index >= 15 is 0 Å². The molecule has 110 valence electrons. The lowest BCUT2D eigenvalue weighted by Crippen LogP contribution is -2.51. The fourth-order valence-electron chi connectivity index (χ4n) is 3.96. The number of fused-ring (bicyclic) bond motifs is 2. The van der Waals surface area contributed by atoms with Gasteiger partial charge in [-0.05, 0) is 44.7 Å². The van der Waals surface area contributed by atoms with Crippen LogP contribution in [-0.2, 0) is 6.42 Å². The van der Waals surface area contributed by atoms with E-state index in [4.69, 9.17) is 0 Å². The van der Waals surface area contributed by atoms with Gasteiger partial charge in [0.15, 0.2) is 0 Å². The Morgan fingerprint density at radius 2 is 1.85 bits per heavy atom. The van der Waals surface area contributed by atoms with E-state index in [-0.39, 0.29) is 12.6 Å². The molecule has 0 saturated carbocycles. The van der Waals surface area contributed by atoms with Crippen molar-refractivity contribution in [2.75, 3.05) is 13.7 Å². The molecule has 0 radical (unpaired) electrons. The molecule has 0 spiro atoms. The number of piperidine rings is 1. The van der Waals surface area contributed by atoms with Gasteiger partial charge in [0.05, 0.1) is 6.61 Å². The maximum atomic E-state index is 9.64. The predicted octanol–water partition coefficient (Wildman–Crippen LogP) is 1.80. The molecule has 2 aliphatic heterocycles. The molecule has 3 unspecified atom stereocenters. The van der Waals surface area contributed by atoms with Crippen LogP contribution in [0.4, 0.5) is 0 Å². The lowest BCUT2D eigenvalue weighted by molar-refractivity contribution is 0.133. The molecule has 20 heavy (non-hydrogen) atoms. The van der Waals surface area contributed by atoms with E-state index in [1.54, 1.807) is 0 Å². The normalized spacial score (nSPS) is 31.4. The minimum Gasteiger partial charge on any atom is -0.395 e. The molecule has 2 heterocycles. The molecule has 0 aromatic heterocycles. The minimum atomic E-state index is 0.185. The van der Waals surface area contributed by atoms with Crippen molar-refractivity contribution in [3.8, 4) is 0 Å². The molecule has 0 aliphatic carbocycles. The van der Waals surface area contributed by atoms with Gasteiger partial charge in [-0.3, -0.25) is 0 Å². The summed E-state index contributed by atoms with van der Waals surface area (Å²) in [4.78, 5) is 2.56. The summed E-state index contributed by atoms with van der Waals surface area (Å²) in [6.45, 7) is 0.219. The van der Waals surface area contributed by atoms with Crippen molar-refractivity contribution >= 4 is 0 Å². The average Bonchev–Trinajstić information content (AvgIpc) is 2.70. The van der Waals surface area contributed by atoms with Crippen LogP contribution in [0.15, 0.2) is 30.3 Å². The second-order valence-electron chi connectivity index (χ2n) is 6.45. The van der Waals surface area contributed by atoms with Crippen molar-refractivity contribution in [3.05, 3.63) is 35.9 Å². The van der Waals surface area contributed by atoms with E-state index in [1.165, 1.54) is 31.2 Å². The Balaban J connectivity index is 1.56. The molecule has 2 bridgehead atoms. The summed E-state index contributed by atoms with van der Waals surface area (Å²) in [6, 6.07) is 12.7. The van der Waals surface area contributed by atoms with Gasteiger partial charge in [-0.1, -0.05) is 30.3 Å². The van der Waals surface area contributed by atoms with Gasteiger partial charge in [-0.2, -0.15) is 0 Å². The quantitative estimate of drug-likeness (QED) is 0.859. The lowest BCUT2D eigenvalue weighted by atomic mass is 9.96. The molecule has 2 saturated heterocycles. The van der Waals surface area contributed by atoms with Gasteiger partial charge in [-0.25, -0.2) is 0 Å². The number of aliphatic hydroxyl groups is 1. The zero-order chi connectivity index (χ0) is 13.9. The molecule has 2 aliphatic rings. The highest BCUT2D eigenvalue weighted by Gasteiger charge is 2.38. The van der Waals surface area contributed by atoms with Crippen LogP contribution in [0.2, 0.25) is 0 Å². The van der Waals surface area contributed by atoms with Crippen LogP contribution in [0.1, 0.15) is 31.2 Å². The van der Waals surface area contributed by atoms with Gasteiger partial charge in [0.2, 0.25) is 0 Å². The summed E-state index contributed by atoms with van der Waals surface area (Å²) >= 11 is 0. The number of nitrogens with zero attached hydrogens (tertiary/aromatic N) is 1. The molecule has 3 rings (SSSR count). The van der Waals surface area contributed by atoms with Crippen LogP contribution >= 0.6 is 0 Å². The van der Waals surface area contributed by atoms with E-state index in [0.717, 1.165) is 18.5 Å². The number of nitrogens with one attached hydrogen (secondary N) is 1. The van der Waals surface area contributed by atoms with Crippen molar-refractivity contribution < 1.29 is 5.11 Å². The minimum absolute atomic E-state index is 0.185. The first-order chi connectivity index (χ1) is 9.76. The number of aliphatic hydroxyl groups excluding tert-OH is 1. The van der Waals surface area contributed by atoms with Crippen LogP contribution < -0.4 is 5.32 Å². The van der Waals surface area contributed by atoms with Gasteiger partial charge in [0, 0.05) is 24.2 Å². The van der Waals surface area contributed by atoms with Crippen LogP contribution in [-0.4, -0.2) is 47.8 Å². The fraction of sp³-hybridized carbons (Fsp3) is 0.647. The molecule has 3 nitrogen and oxygen atoms in total. The molecular weight excluding hydrogens is 248 g/mol. The molecule has 2 N–H and O–H groups in total. The maximum absolute atomic E-state index is 9.64. The Morgan fingerprint density at radius 3 is 2.45 bits per heavy atom. The highest BCUT2D eigenvalue weighted by molar-refractivity contribution is 5.16. The van der Waals surface area contributed by atoms with E-state index in [1.807, 2.05) is 6.07 Å². The van der Waals surface area contributed by atoms with E-state index in [2.05, 4.69) is 41.5 Å². The lowest BCUT2D eigenvalue weighted by Gasteiger charge is -2.38. The summed E-state index contributed by atoms with van der Waals surface area (Å²) < 4.78 is 0. The largest absolute Gasteiger partial charge is 0.395 e. The zero-order valence-corrected chi connectivity index (χ0v) is 12.3. The van der Waals surface area contributed by atoms with Crippen LogP contribution in [0.3, 0.4) is 0 Å². The molecule has 0 amide bonds. The Labute approximate surface area is 122 Å². The number of rotatable bonds is 5. The van der Waals surface area contributed by atoms with E-state index in [9.17, 15) is 5.11 Å². The van der Waals surface area contributed by atoms with Crippen molar-refractivity contribution in [2.45, 2.75) is 56.3 Å². The van der Waals surface area contributed by atoms with Gasteiger partial charge in [0.25, 0.3) is 0 Å². The Morgan fingerprint density at radius 1 is 1.20 bits per heavy atom. The SMILES string of the molecule is CN1C2CCC1CC(NC(CO)Cc1ccccc1)C2. The Kier molecular flexibility index (Phi) is 4.39. The molecular formula is C17H26N2O. The highest BCUT2D eigenvalue weighted by atomic mass is 16.3. The standard InChI is InChI=1S/C17H26N2O/c1-19-16-7-8-17(19)11-14(10-16)18-15(12-20)9-13-5-3-2-4-6-13/h2-6,14-18,20H,7-12H2,1H3. The first-order valence-corrected chi connectivity index (χ1v) is 7.89. The van der Waals surface area contributed by atoms with Crippen molar-refractivity contribution in [3.63, 3.8) is 0 Å². The third kappa shape index (κ3) is 3.05. The van der Waals surface area contributed by atoms with Gasteiger partial charge < -0.3 is 15.3 Å². The van der Waals surface area contributed by atoms with Gasteiger partial charge in [-0.15, -0.1) is 0 Å². The summed E-state index contributed by atoms with van der Waals surface area (Å²) in [5, 5.41) is 13.3. The first kappa shape index (κ1) is 14.1. The molecule has 3 atom stereocenters. The monoisotopic (exact) mass is 274 g/mol. The molecule has 1 aromatic rings. The molecule has 2 fully saturated rings. The van der Waals surface area contributed by atoms with Crippen LogP contribution in [0.5, 0.6) is 0 Å². The van der Waals surface area contributed by atoms with Crippen molar-refractivity contribution in [1.29, 1.82) is 0 Å². The first-order valence-electron chi connectivity index (χ1n) is 7.89. The third-order valence-corrected chi connectivity index (χ3v) is 5.11. The van der Waals surface area contributed by atoms with Crippen LogP contribution in [0, 0.1) is 0 Å². The molecule has 3 heteroatoms. The predicted molar refractivity (Wildman–Crippen MR) is 81.8 cm³/mol. The topological polar surface area (TPSA) is 35.5 Å². The second-order valence-corrected chi connectivity index (χ2v) is 6.45. The summed E-state index contributed by atoms with van der Waals surface area (Å²) in [5.74, 6) is 0. The van der Waals surface area contributed by atoms with E-state index in [0.29, 0.717) is 6.04 Å². The highest BCUT2D eigenvalue weighted by Crippen LogP contribution is 2.34. The van der Waals surface area contributed by atoms with Gasteiger partial charge >= 0.3 is 0 Å². The molecule has 1 aromatic carbocycles. The third-order valence-electron chi connectivity index (χ3n) is 5.11. The second kappa shape index (κ2) is 6.25. The zero-order valence-electron chi connectivity index (χ0n) is 12.3. The maximum Gasteiger partial charge on any atom is 0.0587 e. The van der Waals surface area contributed by atoms with Crippen molar-refractivity contribution in [2.24, 2.45) is 0 Å².